The fraction of sp³-hybridized carbons (Fsp3) is 0.529. The number of nitrogens with zero attached hydrogens (tertiary/aromatic N) is 1. The molecule has 1 fully saturated rings. The van der Waals surface area contributed by atoms with Gasteiger partial charge in [-0.15, -0.1) is 0 Å². The lowest BCUT2D eigenvalue weighted by Crippen LogP contribution is -2.43. The van der Waals surface area contributed by atoms with Gasteiger partial charge in [0.1, 0.15) is 5.75 Å². The number of hydrogen-bond donors (Lipinski definition) is 2. The second-order valence-corrected chi connectivity index (χ2v) is 6.91. The molecule has 2 atom stereocenters. The quantitative estimate of drug-likeness (QED) is 0.751. The summed E-state index contributed by atoms with van der Waals surface area (Å²) in [5.74, 6) is 0.332. The number of hydrogen-bond acceptors (Lipinski definition) is 4. The van der Waals surface area contributed by atoms with Crippen LogP contribution in [0.4, 0.5) is 0 Å². The van der Waals surface area contributed by atoms with Crippen molar-refractivity contribution in [2.75, 3.05) is 27.2 Å². The van der Waals surface area contributed by atoms with E-state index in [9.17, 15) is 9.59 Å². The highest BCUT2D eigenvalue weighted by molar-refractivity contribution is 6.42. The molecule has 0 spiro atoms. The fourth-order valence-corrected chi connectivity index (χ4v) is 3.18. The van der Waals surface area contributed by atoms with Crippen LogP contribution >= 0.6 is 23.2 Å². The lowest BCUT2D eigenvalue weighted by Gasteiger charge is -2.25. The molecule has 0 unspecified atom stereocenters. The van der Waals surface area contributed by atoms with Crippen molar-refractivity contribution in [3.05, 3.63) is 28.2 Å². The first-order valence-corrected chi connectivity index (χ1v) is 8.93. The van der Waals surface area contributed by atoms with Crippen LogP contribution in [0.3, 0.4) is 0 Å². The summed E-state index contributed by atoms with van der Waals surface area (Å²) in [5, 5.41) is 6.34. The van der Waals surface area contributed by atoms with Gasteiger partial charge in [-0.3, -0.25) is 14.5 Å². The van der Waals surface area contributed by atoms with E-state index in [1.54, 1.807) is 25.2 Å². The number of benzene rings is 1. The van der Waals surface area contributed by atoms with Crippen LogP contribution in [0.2, 0.25) is 10.0 Å². The molecule has 1 saturated heterocycles. The van der Waals surface area contributed by atoms with Gasteiger partial charge in [0.05, 0.1) is 10.0 Å². The number of carbonyl (C=O) groups excluding carboxylic acids is 2. The molecule has 0 saturated carbocycles. The zero-order chi connectivity index (χ0) is 18.4. The molecule has 1 heterocycles. The summed E-state index contributed by atoms with van der Waals surface area (Å²) >= 11 is 11.7. The topological polar surface area (TPSA) is 70.7 Å². The van der Waals surface area contributed by atoms with E-state index in [0.717, 1.165) is 12.8 Å². The molecule has 0 radical (unpaired) electrons. The van der Waals surface area contributed by atoms with Crippen LogP contribution in [-0.4, -0.2) is 56.0 Å². The second-order valence-electron chi connectivity index (χ2n) is 6.10. The van der Waals surface area contributed by atoms with E-state index in [1.807, 2.05) is 7.05 Å². The van der Waals surface area contributed by atoms with Gasteiger partial charge in [0, 0.05) is 38.2 Å². The average Bonchev–Trinajstić information content (AvgIpc) is 2.94. The summed E-state index contributed by atoms with van der Waals surface area (Å²) in [4.78, 5) is 25.6. The average molecular weight is 388 g/mol. The predicted molar refractivity (Wildman–Crippen MR) is 98.2 cm³/mol. The third-order valence-electron chi connectivity index (χ3n) is 4.48. The SMILES string of the molecule is CNC(=O)C[C@H]1CC[C@@H](CNC(=O)COc2ccc(Cl)c(Cl)c2)N1C. The summed E-state index contributed by atoms with van der Waals surface area (Å²) in [7, 11) is 3.63. The molecule has 138 valence electrons. The summed E-state index contributed by atoms with van der Waals surface area (Å²) in [6.07, 6.45) is 2.38. The monoisotopic (exact) mass is 387 g/mol. The molecule has 0 bridgehead atoms. The smallest absolute Gasteiger partial charge is 0.257 e. The third-order valence-corrected chi connectivity index (χ3v) is 5.22. The Balaban J connectivity index is 1.73. The van der Waals surface area contributed by atoms with Crippen molar-refractivity contribution < 1.29 is 14.3 Å². The van der Waals surface area contributed by atoms with Crippen LogP contribution in [0.5, 0.6) is 5.75 Å². The zero-order valence-corrected chi connectivity index (χ0v) is 15.9. The predicted octanol–water partition coefficient (Wildman–Crippen LogP) is 2.09. The molecule has 2 amide bonds. The van der Waals surface area contributed by atoms with E-state index in [4.69, 9.17) is 27.9 Å². The van der Waals surface area contributed by atoms with Gasteiger partial charge in [-0.1, -0.05) is 23.2 Å². The molecule has 6 nitrogen and oxygen atoms in total. The van der Waals surface area contributed by atoms with Gasteiger partial charge in [-0.05, 0) is 32.0 Å². The van der Waals surface area contributed by atoms with Crippen LogP contribution < -0.4 is 15.4 Å². The highest BCUT2D eigenvalue weighted by Crippen LogP contribution is 2.26. The van der Waals surface area contributed by atoms with Crippen LogP contribution in [0.15, 0.2) is 18.2 Å². The second kappa shape index (κ2) is 9.27. The van der Waals surface area contributed by atoms with Gasteiger partial charge in [0.2, 0.25) is 5.91 Å². The first kappa shape index (κ1) is 19.8. The van der Waals surface area contributed by atoms with Gasteiger partial charge < -0.3 is 15.4 Å². The maximum atomic E-state index is 12.0. The Morgan fingerprint density at radius 2 is 1.92 bits per heavy atom. The first-order chi connectivity index (χ1) is 11.9. The maximum absolute atomic E-state index is 12.0. The number of likely N-dealkylation sites (N-methyl/N-ethyl adjacent to an activating group) is 1. The van der Waals surface area contributed by atoms with Crippen molar-refractivity contribution in [2.45, 2.75) is 31.3 Å². The molecule has 0 aromatic heterocycles. The first-order valence-electron chi connectivity index (χ1n) is 8.17. The Kier molecular flexibility index (Phi) is 7.35. The van der Waals surface area contributed by atoms with Gasteiger partial charge in [0.15, 0.2) is 6.61 Å². The molecule has 8 heteroatoms. The van der Waals surface area contributed by atoms with Crippen molar-refractivity contribution in [2.24, 2.45) is 0 Å². The molecule has 1 aromatic rings. The van der Waals surface area contributed by atoms with E-state index < -0.39 is 0 Å². The van der Waals surface area contributed by atoms with Crippen LogP contribution in [0, 0.1) is 0 Å². The largest absolute Gasteiger partial charge is 0.484 e. The highest BCUT2D eigenvalue weighted by Gasteiger charge is 2.31. The standard InChI is InChI=1S/C17H23Cl2N3O3/c1-20-16(23)7-11-3-4-12(22(11)2)9-21-17(24)10-25-13-5-6-14(18)15(19)8-13/h5-6,8,11-12H,3-4,7,9-10H2,1-2H3,(H,20,23)(H,21,24)/t11-,12+/m1/s1. The van der Waals surface area contributed by atoms with Crippen molar-refractivity contribution in [3.63, 3.8) is 0 Å². The van der Waals surface area contributed by atoms with Gasteiger partial charge in [-0.2, -0.15) is 0 Å². The lowest BCUT2D eigenvalue weighted by molar-refractivity contribution is -0.124. The highest BCUT2D eigenvalue weighted by atomic mass is 35.5. The maximum Gasteiger partial charge on any atom is 0.257 e. The minimum Gasteiger partial charge on any atom is -0.484 e. The van der Waals surface area contributed by atoms with Crippen LogP contribution in [0.1, 0.15) is 19.3 Å². The molecule has 25 heavy (non-hydrogen) atoms. The van der Waals surface area contributed by atoms with Gasteiger partial charge in [-0.25, -0.2) is 0 Å². The minimum atomic E-state index is -0.200. The number of amides is 2. The summed E-state index contributed by atoms with van der Waals surface area (Å²) < 4.78 is 5.41. The Morgan fingerprint density at radius 1 is 1.20 bits per heavy atom. The van der Waals surface area contributed by atoms with Gasteiger partial charge in [0.25, 0.3) is 5.91 Å². The van der Waals surface area contributed by atoms with E-state index in [1.165, 1.54) is 0 Å². The third kappa shape index (κ3) is 5.76. The lowest BCUT2D eigenvalue weighted by atomic mass is 10.1. The molecular weight excluding hydrogens is 365 g/mol. The number of ether oxygens (including phenoxy) is 1. The number of halogens is 2. The molecule has 1 aliphatic rings. The van der Waals surface area contributed by atoms with Crippen molar-refractivity contribution in [1.82, 2.24) is 15.5 Å². The van der Waals surface area contributed by atoms with Crippen molar-refractivity contribution in [3.8, 4) is 5.75 Å². The molecule has 2 rings (SSSR count). The molecule has 2 N–H and O–H groups in total. The molecule has 1 aromatic carbocycles. The summed E-state index contributed by atoms with van der Waals surface area (Å²) in [5.41, 5.74) is 0. The Bertz CT molecular complexity index is 627. The zero-order valence-electron chi connectivity index (χ0n) is 14.4. The summed E-state index contributed by atoms with van der Waals surface area (Å²) in [6, 6.07) is 5.30. The van der Waals surface area contributed by atoms with Crippen LogP contribution in [-0.2, 0) is 9.59 Å². The Labute approximate surface area is 157 Å². The van der Waals surface area contributed by atoms with Crippen molar-refractivity contribution >= 4 is 35.0 Å². The Morgan fingerprint density at radius 3 is 2.60 bits per heavy atom. The molecule has 0 aliphatic carbocycles. The van der Waals surface area contributed by atoms with E-state index in [2.05, 4.69) is 15.5 Å². The van der Waals surface area contributed by atoms with Gasteiger partial charge >= 0.3 is 0 Å². The number of rotatable bonds is 7. The Hall–Kier alpha value is -1.50. The number of nitrogens with one attached hydrogen (secondary N) is 2. The normalized spacial score (nSPS) is 20.3. The molecule has 1 aliphatic heterocycles. The number of carbonyl (C=O) groups is 2. The molecular formula is C17H23Cl2N3O3. The number of likely N-dealkylation sites (tertiary alicyclic amines) is 1. The van der Waals surface area contributed by atoms with E-state index >= 15 is 0 Å². The summed E-state index contributed by atoms with van der Waals surface area (Å²) in [6.45, 7) is 0.445. The van der Waals surface area contributed by atoms with E-state index in [-0.39, 0.29) is 30.5 Å². The van der Waals surface area contributed by atoms with Crippen molar-refractivity contribution in [1.29, 1.82) is 0 Å². The van der Waals surface area contributed by atoms with Crippen LogP contribution in [0.25, 0.3) is 0 Å². The minimum absolute atomic E-state index is 0.0385. The fourth-order valence-electron chi connectivity index (χ4n) is 2.90. The van der Waals surface area contributed by atoms with E-state index in [0.29, 0.717) is 28.8 Å².